The Bertz CT molecular complexity index is 1960. The summed E-state index contributed by atoms with van der Waals surface area (Å²) in [5.41, 5.74) is 8.69. The predicted molar refractivity (Wildman–Crippen MR) is 214 cm³/mol. The number of carbonyl (C=O) groups is 2. The van der Waals surface area contributed by atoms with Crippen molar-refractivity contribution in [1.29, 1.82) is 0 Å². The van der Waals surface area contributed by atoms with E-state index in [1.807, 2.05) is 25.2 Å². The molecule has 2 aliphatic carbocycles. The molecule has 6 atom stereocenters. The molecule has 2 N–H and O–H groups in total. The number of benzene rings is 2. The molecule has 290 valence electrons. The summed E-state index contributed by atoms with van der Waals surface area (Å²) in [4.78, 5) is 48.0. The molecule has 0 bridgehead atoms. The smallest absolute Gasteiger partial charge is 0.227 e. The number of nitrogens with one attached hydrogen (secondary N) is 2. The third-order valence-corrected chi connectivity index (χ3v) is 13.6. The molecule has 6 heterocycles. The van der Waals surface area contributed by atoms with Crippen molar-refractivity contribution in [3.8, 4) is 22.5 Å². The molecule has 4 saturated heterocycles. The SMILES string of the molecule is C/C(=C(/C)c1ccc(-c2c[nH]c([C@@H]3C[C@H]4C[C@H]4N3C(=O)[CH]C3CCOCC3)n2)cc1)c1ccc(-c2c[nH]c(C3CC4CC4N3C(=O)[CH]C3CCOCC3)n2)cc1. The Morgan fingerprint density at radius 2 is 1.00 bits per heavy atom. The van der Waals surface area contributed by atoms with Gasteiger partial charge in [-0.3, -0.25) is 9.59 Å². The molecule has 10 nitrogen and oxygen atoms in total. The van der Waals surface area contributed by atoms with Crippen LogP contribution in [0.5, 0.6) is 0 Å². The number of ether oxygens (including phenoxy) is 2. The first-order valence-corrected chi connectivity index (χ1v) is 20.9. The minimum Gasteiger partial charge on any atom is -0.381 e. The van der Waals surface area contributed by atoms with E-state index in [0.29, 0.717) is 35.8 Å². The van der Waals surface area contributed by atoms with Gasteiger partial charge in [-0.25, -0.2) is 9.97 Å². The van der Waals surface area contributed by atoms with Gasteiger partial charge in [0.25, 0.3) is 0 Å². The molecule has 10 heteroatoms. The van der Waals surface area contributed by atoms with Crippen molar-refractivity contribution in [1.82, 2.24) is 29.7 Å². The van der Waals surface area contributed by atoms with Crippen LogP contribution in [-0.4, -0.2) is 80.1 Å². The zero-order valence-electron chi connectivity index (χ0n) is 32.5. The highest BCUT2D eigenvalue weighted by atomic mass is 16.5. The third kappa shape index (κ3) is 6.93. The molecule has 6 fully saturated rings. The summed E-state index contributed by atoms with van der Waals surface area (Å²) in [6.45, 7) is 7.31. The zero-order chi connectivity index (χ0) is 37.9. The molecule has 10 rings (SSSR count). The van der Waals surface area contributed by atoms with Crippen LogP contribution in [0.1, 0.15) is 100 Å². The highest BCUT2D eigenvalue weighted by Gasteiger charge is 2.56. The number of aromatic amines is 2. The van der Waals surface area contributed by atoms with Crippen molar-refractivity contribution in [3.63, 3.8) is 0 Å². The summed E-state index contributed by atoms with van der Waals surface area (Å²) in [5, 5.41) is 0. The van der Waals surface area contributed by atoms with Crippen LogP contribution in [0, 0.1) is 36.5 Å². The van der Waals surface area contributed by atoms with Crippen LogP contribution >= 0.6 is 0 Å². The summed E-state index contributed by atoms with van der Waals surface area (Å²) in [7, 11) is 0. The van der Waals surface area contributed by atoms with Crippen LogP contribution in [0.25, 0.3) is 33.7 Å². The second-order valence-electron chi connectivity index (χ2n) is 17.1. The molecule has 2 aromatic carbocycles. The maximum atomic E-state index is 13.4. The van der Waals surface area contributed by atoms with E-state index in [0.717, 1.165) is 112 Å². The largest absolute Gasteiger partial charge is 0.381 e. The fourth-order valence-corrected chi connectivity index (χ4v) is 9.90. The van der Waals surface area contributed by atoms with Gasteiger partial charge in [0.2, 0.25) is 11.8 Å². The van der Waals surface area contributed by atoms with Crippen molar-refractivity contribution in [2.45, 2.75) is 89.4 Å². The van der Waals surface area contributed by atoms with Crippen LogP contribution in [0.3, 0.4) is 0 Å². The van der Waals surface area contributed by atoms with E-state index in [1.165, 1.54) is 22.3 Å². The maximum absolute atomic E-state index is 13.4. The van der Waals surface area contributed by atoms with Crippen LogP contribution in [0.4, 0.5) is 0 Å². The topological polar surface area (TPSA) is 116 Å². The van der Waals surface area contributed by atoms with E-state index in [-0.39, 0.29) is 23.9 Å². The maximum Gasteiger partial charge on any atom is 0.227 e. The Morgan fingerprint density at radius 3 is 1.39 bits per heavy atom. The molecule has 4 aromatic rings. The summed E-state index contributed by atoms with van der Waals surface area (Å²) in [6.07, 6.45) is 15.8. The Kier molecular flexibility index (Phi) is 9.45. The lowest BCUT2D eigenvalue weighted by Crippen LogP contribution is -2.36. The van der Waals surface area contributed by atoms with Gasteiger partial charge in [-0.1, -0.05) is 48.5 Å². The molecule has 3 unspecified atom stereocenters. The number of imidazole rings is 2. The number of H-pyrrole nitrogens is 2. The van der Waals surface area contributed by atoms with Gasteiger partial charge in [-0.05, 0) is 111 Å². The average Bonchev–Trinajstić information content (AvgIpc) is 3.81. The number of piperidine rings is 2. The standard InChI is InChI=1S/C46H52N6O4/c1-27(31-3-7-33(8-4-31)37-25-47-45(49-37)41-23-35-21-39(35)51(41)43(53)19-29-11-15-55-16-12-29)28(2)32-5-9-34(10-6-32)38-26-48-46(50-38)42-24-36-22-40(36)52(42)44(54)20-30-13-17-56-18-14-30/h3-10,19-20,25-26,29-30,35-36,39-42H,11-18,21-24H2,1-2H3,(H,47,49)(H,48,50)/b28-27+/t35-,36?,39-,40?,41+,42?/m1/s1. The minimum absolute atomic E-state index is 0.00879. The first-order valence-electron chi connectivity index (χ1n) is 20.9. The number of carbonyl (C=O) groups excluding carboxylic acids is 2. The summed E-state index contributed by atoms with van der Waals surface area (Å²) < 4.78 is 11.0. The highest BCUT2D eigenvalue weighted by molar-refractivity contribution is 5.90. The number of hydrogen-bond donors (Lipinski definition) is 2. The number of fused-ring (bicyclic) bond motifs is 2. The van der Waals surface area contributed by atoms with E-state index < -0.39 is 0 Å². The Hall–Kier alpha value is -4.54. The van der Waals surface area contributed by atoms with Crippen molar-refractivity contribution in [2.24, 2.45) is 23.7 Å². The van der Waals surface area contributed by atoms with Crippen LogP contribution in [0.15, 0.2) is 60.9 Å². The third-order valence-electron chi connectivity index (χ3n) is 13.6. The normalized spacial score (nSPS) is 27.9. The van der Waals surface area contributed by atoms with Crippen LogP contribution < -0.4 is 0 Å². The molecule has 2 saturated carbocycles. The Balaban J connectivity index is 0.788. The average molecular weight is 753 g/mol. The zero-order valence-corrected chi connectivity index (χ0v) is 32.5. The van der Waals surface area contributed by atoms with E-state index >= 15 is 0 Å². The summed E-state index contributed by atoms with van der Waals surface area (Å²) in [5.74, 6) is 3.89. The van der Waals surface area contributed by atoms with E-state index in [1.54, 1.807) is 0 Å². The van der Waals surface area contributed by atoms with Crippen LogP contribution in [-0.2, 0) is 19.1 Å². The van der Waals surface area contributed by atoms with E-state index in [2.05, 4.69) is 82.1 Å². The molecule has 2 radical (unpaired) electrons. The van der Waals surface area contributed by atoms with Crippen molar-refractivity contribution >= 4 is 23.0 Å². The molecule has 0 spiro atoms. The fourth-order valence-electron chi connectivity index (χ4n) is 9.90. The van der Waals surface area contributed by atoms with E-state index in [4.69, 9.17) is 19.4 Å². The van der Waals surface area contributed by atoms with Gasteiger partial charge >= 0.3 is 0 Å². The van der Waals surface area contributed by atoms with Gasteiger partial charge in [0.15, 0.2) is 0 Å². The number of allylic oxidation sites excluding steroid dienone is 2. The van der Waals surface area contributed by atoms with Crippen LogP contribution in [0.2, 0.25) is 0 Å². The number of rotatable bonds is 10. The van der Waals surface area contributed by atoms with Crippen molar-refractivity contribution in [3.05, 3.63) is 96.5 Å². The Labute approximate surface area is 329 Å². The van der Waals surface area contributed by atoms with Gasteiger partial charge in [-0.2, -0.15) is 0 Å². The summed E-state index contributed by atoms with van der Waals surface area (Å²) >= 11 is 0. The van der Waals surface area contributed by atoms with Gasteiger partial charge in [-0.15, -0.1) is 0 Å². The second kappa shape index (κ2) is 14.8. The van der Waals surface area contributed by atoms with Crippen molar-refractivity contribution < 1.29 is 19.1 Å². The highest BCUT2D eigenvalue weighted by Crippen LogP contribution is 2.54. The predicted octanol–water partition coefficient (Wildman–Crippen LogP) is 8.00. The molecule has 2 amide bonds. The van der Waals surface area contributed by atoms with E-state index in [9.17, 15) is 9.59 Å². The van der Waals surface area contributed by atoms with Gasteiger partial charge in [0.05, 0.1) is 36.3 Å². The lowest BCUT2D eigenvalue weighted by atomic mass is 9.95. The quantitative estimate of drug-likeness (QED) is 0.159. The molecule has 56 heavy (non-hydrogen) atoms. The van der Waals surface area contributed by atoms with Gasteiger partial charge < -0.3 is 29.2 Å². The molecule has 2 aromatic heterocycles. The molecular weight excluding hydrogens is 701 g/mol. The molecule has 6 aliphatic rings. The Morgan fingerprint density at radius 1 is 0.607 bits per heavy atom. The fraction of sp³-hybridized carbons (Fsp3) is 0.478. The first-order chi connectivity index (χ1) is 27.4. The number of aromatic nitrogens is 4. The number of nitrogens with zero attached hydrogens (tertiary/aromatic N) is 4. The summed E-state index contributed by atoms with van der Waals surface area (Å²) in [6, 6.07) is 18.0. The lowest BCUT2D eigenvalue weighted by Gasteiger charge is -2.29. The minimum atomic E-state index is 0.00879. The molecule has 4 aliphatic heterocycles. The van der Waals surface area contributed by atoms with Gasteiger partial charge in [0.1, 0.15) is 11.6 Å². The number of likely N-dealkylation sites (tertiary alicyclic amines) is 2. The number of amides is 2. The molecular formula is C46H52N6O4. The number of hydrogen-bond acceptors (Lipinski definition) is 6. The lowest BCUT2D eigenvalue weighted by molar-refractivity contribution is -0.131. The van der Waals surface area contributed by atoms with Gasteiger partial charge in [0, 0.05) is 62.0 Å². The second-order valence-corrected chi connectivity index (χ2v) is 17.1. The monoisotopic (exact) mass is 752 g/mol. The first kappa shape index (κ1) is 35.8. The van der Waals surface area contributed by atoms with Crippen molar-refractivity contribution in [2.75, 3.05) is 26.4 Å².